The lowest BCUT2D eigenvalue weighted by Crippen LogP contribution is -2.41. The van der Waals surface area contributed by atoms with Crippen LogP contribution in [-0.2, 0) is 4.74 Å². The molecule has 0 saturated heterocycles. The van der Waals surface area contributed by atoms with Crippen LogP contribution in [0.15, 0.2) is 115 Å². The molecule has 2 heteroatoms. The molecule has 4 rings (SSSR count). The quantitative estimate of drug-likeness (QED) is 0.549. The number of benzene rings is 3. The van der Waals surface area contributed by atoms with Crippen molar-refractivity contribution in [1.29, 1.82) is 0 Å². The van der Waals surface area contributed by atoms with Gasteiger partial charge in [0.2, 0.25) is 0 Å². The SMILES string of the molecule is COC1(P(c2ccccc2)c2ccccc2)C=CC=CC1c1ccccc1. The van der Waals surface area contributed by atoms with Gasteiger partial charge in [0.25, 0.3) is 0 Å². The van der Waals surface area contributed by atoms with E-state index in [4.69, 9.17) is 4.74 Å². The van der Waals surface area contributed by atoms with Gasteiger partial charge in [-0.15, -0.1) is 0 Å². The summed E-state index contributed by atoms with van der Waals surface area (Å²) in [7, 11) is 1.07. The van der Waals surface area contributed by atoms with Crippen LogP contribution >= 0.6 is 7.92 Å². The van der Waals surface area contributed by atoms with Crippen molar-refractivity contribution >= 4 is 18.5 Å². The summed E-state index contributed by atoms with van der Waals surface area (Å²) in [6.07, 6.45) is 8.80. The predicted molar refractivity (Wildman–Crippen MR) is 116 cm³/mol. The van der Waals surface area contributed by atoms with Gasteiger partial charge in [-0.2, -0.15) is 0 Å². The minimum Gasteiger partial charge on any atom is -0.368 e. The molecule has 2 atom stereocenters. The molecule has 0 saturated carbocycles. The Labute approximate surface area is 162 Å². The third kappa shape index (κ3) is 3.41. The monoisotopic (exact) mass is 370 g/mol. The summed E-state index contributed by atoms with van der Waals surface area (Å²) in [5.41, 5.74) is 1.28. The molecule has 134 valence electrons. The second kappa shape index (κ2) is 8.05. The summed E-state index contributed by atoms with van der Waals surface area (Å²) >= 11 is 0. The average Bonchev–Trinajstić information content (AvgIpc) is 2.76. The van der Waals surface area contributed by atoms with Gasteiger partial charge >= 0.3 is 0 Å². The molecule has 0 aromatic heterocycles. The lowest BCUT2D eigenvalue weighted by Gasteiger charge is -2.44. The molecule has 3 aromatic carbocycles. The number of hydrogen-bond acceptors (Lipinski definition) is 1. The van der Waals surface area contributed by atoms with Gasteiger partial charge < -0.3 is 4.74 Å². The Morgan fingerprint density at radius 3 is 1.74 bits per heavy atom. The Morgan fingerprint density at radius 2 is 1.22 bits per heavy atom. The number of hydrogen-bond donors (Lipinski definition) is 0. The Bertz CT molecular complexity index is 879. The third-order valence-electron chi connectivity index (χ3n) is 5.06. The molecule has 27 heavy (non-hydrogen) atoms. The molecule has 3 aromatic rings. The molecule has 0 spiro atoms. The van der Waals surface area contributed by atoms with E-state index in [2.05, 4.69) is 115 Å². The van der Waals surface area contributed by atoms with Gasteiger partial charge in [-0.25, -0.2) is 0 Å². The van der Waals surface area contributed by atoms with Crippen LogP contribution in [0, 0.1) is 0 Å². The number of rotatable bonds is 5. The summed E-state index contributed by atoms with van der Waals surface area (Å²) in [5.74, 6) is 0.153. The van der Waals surface area contributed by atoms with E-state index >= 15 is 0 Å². The molecule has 0 N–H and O–H groups in total. The zero-order valence-corrected chi connectivity index (χ0v) is 16.3. The van der Waals surface area contributed by atoms with Crippen LogP contribution in [0.4, 0.5) is 0 Å². The fraction of sp³-hybridized carbons (Fsp3) is 0.120. The zero-order chi connectivity index (χ0) is 18.5. The summed E-state index contributed by atoms with van der Waals surface area (Å²) in [5, 5.41) is 2.21. The zero-order valence-electron chi connectivity index (χ0n) is 15.4. The van der Waals surface area contributed by atoms with Crippen molar-refractivity contribution in [2.75, 3.05) is 7.11 Å². The molecule has 1 nitrogen and oxygen atoms in total. The second-order valence-electron chi connectivity index (χ2n) is 6.59. The summed E-state index contributed by atoms with van der Waals surface area (Å²) in [4.78, 5) is 0. The van der Waals surface area contributed by atoms with Crippen LogP contribution < -0.4 is 10.6 Å². The Balaban J connectivity index is 1.92. The lowest BCUT2D eigenvalue weighted by molar-refractivity contribution is 0.0942. The second-order valence-corrected chi connectivity index (χ2v) is 9.00. The van der Waals surface area contributed by atoms with Crippen molar-refractivity contribution in [3.63, 3.8) is 0 Å². The summed E-state index contributed by atoms with van der Waals surface area (Å²) < 4.78 is 6.41. The molecule has 2 unspecified atom stereocenters. The maximum absolute atomic E-state index is 6.41. The van der Waals surface area contributed by atoms with Crippen molar-refractivity contribution < 1.29 is 4.74 Å². The first kappa shape index (κ1) is 17.9. The van der Waals surface area contributed by atoms with E-state index in [-0.39, 0.29) is 5.92 Å². The number of ether oxygens (including phenoxy) is 1. The van der Waals surface area contributed by atoms with Crippen LogP contribution in [0.3, 0.4) is 0 Å². The van der Waals surface area contributed by atoms with Gasteiger partial charge in [0.15, 0.2) is 0 Å². The maximum atomic E-state index is 6.41. The minimum absolute atomic E-state index is 0.153. The number of methoxy groups -OCH3 is 1. The van der Waals surface area contributed by atoms with E-state index in [1.807, 2.05) is 7.11 Å². The van der Waals surface area contributed by atoms with E-state index in [0.717, 1.165) is 0 Å². The largest absolute Gasteiger partial charge is 0.368 e. The van der Waals surface area contributed by atoms with E-state index in [1.165, 1.54) is 16.2 Å². The van der Waals surface area contributed by atoms with E-state index in [0.29, 0.717) is 0 Å². The van der Waals surface area contributed by atoms with Crippen molar-refractivity contribution in [3.8, 4) is 0 Å². The molecular formula is C25H23OP. The molecule has 1 aliphatic carbocycles. The standard InChI is InChI=1S/C25H23OP/c1-26-25(20-12-11-19-24(25)21-13-5-2-6-14-21)27(22-15-7-3-8-16-22)23-17-9-4-10-18-23/h2-20,24H,1H3. The van der Waals surface area contributed by atoms with Crippen LogP contribution in [0.2, 0.25) is 0 Å². The first-order valence-electron chi connectivity index (χ1n) is 9.21. The van der Waals surface area contributed by atoms with Crippen molar-refractivity contribution in [2.24, 2.45) is 0 Å². The molecule has 0 amide bonds. The van der Waals surface area contributed by atoms with Gasteiger partial charge in [-0.1, -0.05) is 109 Å². The van der Waals surface area contributed by atoms with Gasteiger partial charge in [0, 0.05) is 13.0 Å². The summed E-state index contributed by atoms with van der Waals surface area (Å²) in [6, 6.07) is 32.2. The predicted octanol–water partition coefficient (Wildman–Crippen LogP) is 5.37. The first-order valence-corrected chi connectivity index (χ1v) is 10.6. The van der Waals surface area contributed by atoms with Gasteiger partial charge in [-0.3, -0.25) is 0 Å². The molecule has 0 fully saturated rings. The topological polar surface area (TPSA) is 9.23 Å². The van der Waals surface area contributed by atoms with E-state index in [9.17, 15) is 0 Å². The first-order chi connectivity index (χ1) is 13.3. The highest BCUT2D eigenvalue weighted by Crippen LogP contribution is 2.57. The maximum Gasteiger partial charge on any atom is 0.123 e. The summed E-state index contributed by atoms with van der Waals surface area (Å²) in [6.45, 7) is 0. The molecular weight excluding hydrogens is 347 g/mol. The number of allylic oxidation sites excluding steroid dienone is 2. The third-order valence-corrected chi connectivity index (χ3v) is 8.00. The highest BCUT2D eigenvalue weighted by atomic mass is 31.1. The van der Waals surface area contributed by atoms with Gasteiger partial charge in [-0.05, 0) is 30.2 Å². The highest BCUT2D eigenvalue weighted by Gasteiger charge is 2.45. The Kier molecular flexibility index (Phi) is 5.34. The Hall–Kier alpha value is -2.47. The van der Waals surface area contributed by atoms with Crippen LogP contribution in [-0.4, -0.2) is 12.5 Å². The van der Waals surface area contributed by atoms with Gasteiger partial charge in [0.1, 0.15) is 5.34 Å². The van der Waals surface area contributed by atoms with Crippen LogP contribution in [0.1, 0.15) is 11.5 Å². The van der Waals surface area contributed by atoms with Crippen molar-refractivity contribution in [3.05, 3.63) is 121 Å². The average molecular weight is 370 g/mol. The molecule has 0 bridgehead atoms. The van der Waals surface area contributed by atoms with Crippen molar-refractivity contribution in [1.82, 2.24) is 0 Å². The smallest absolute Gasteiger partial charge is 0.123 e. The molecule has 1 aliphatic rings. The van der Waals surface area contributed by atoms with E-state index < -0.39 is 13.3 Å². The van der Waals surface area contributed by atoms with E-state index in [1.54, 1.807) is 0 Å². The van der Waals surface area contributed by atoms with Gasteiger partial charge in [0.05, 0.1) is 0 Å². The normalized spacial score (nSPS) is 21.5. The molecule has 0 radical (unpaired) electrons. The molecule has 0 heterocycles. The highest BCUT2D eigenvalue weighted by molar-refractivity contribution is 7.74. The Morgan fingerprint density at radius 1 is 0.704 bits per heavy atom. The minimum atomic E-state index is -0.777. The van der Waals surface area contributed by atoms with Crippen LogP contribution in [0.5, 0.6) is 0 Å². The molecule has 0 aliphatic heterocycles. The van der Waals surface area contributed by atoms with Crippen LogP contribution in [0.25, 0.3) is 0 Å². The van der Waals surface area contributed by atoms with Crippen molar-refractivity contribution in [2.45, 2.75) is 11.3 Å². The fourth-order valence-corrected chi connectivity index (χ4v) is 6.80. The lowest BCUT2D eigenvalue weighted by atomic mass is 9.89. The fourth-order valence-electron chi connectivity index (χ4n) is 3.83.